The molecule has 4 rings (SSSR count). The molecule has 1 aromatic carbocycles. The Morgan fingerprint density at radius 3 is 2.65 bits per heavy atom. The van der Waals surface area contributed by atoms with Crippen molar-refractivity contribution in [3.05, 3.63) is 46.8 Å². The number of likely N-dealkylation sites (N-methyl/N-ethyl adjacent to an activating group) is 1. The lowest BCUT2D eigenvalue weighted by Crippen LogP contribution is -2.28. The van der Waals surface area contributed by atoms with Gasteiger partial charge in [-0.3, -0.25) is 9.59 Å². The number of aromatic nitrogens is 2. The number of hydrogen-bond acceptors (Lipinski definition) is 5. The van der Waals surface area contributed by atoms with Crippen molar-refractivity contribution < 1.29 is 14.7 Å². The zero-order valence-electron chi connectivity index (χ0n) is 18.2. The summed E-state index contributed by atoms with van der Waals surface area (Å²) in [7, 11) is 1.69. The van der Waals surface area contributed by atoms with Gasteiger partial charge in [0.15, 0.2) is 5.82 Å². The van der Waals surface area contributed by atoms with Gasteiger partial charge in [-0.25, -0.2) is 9.97 Å². The summed E-state index contributed by atoms with van der Waals surface area (Å²) in [6, 6.07) is 7.44. The molecule has 2 amide bonds. The molecule has 3 N–H and O–H groups in total. The number of aliphatic hydroxyl groups is 1. The van der Waals surface area contributed by atoms with Crippen LogP contribution in [0.25, 0.3) is 11.4 Å². The summed E-state index contributed by atoms with van der Waals surface area (Å²) in [5.74, 6) is 2.46. The number of amides is 2. The first kappa shape index (κ1) is 22.4. The maximum absolute atomic E-state index is 11.9. The topological polar surface area (TPSA) is 109 Å². The van der Waals surface area contributed by atoms with E-state index >= 15 is 0 Å². The van der Waals surface area contributed by atoms with Crippen LogP contribution in [0.3, 0.4) is 0 Å². The van der Waals surface area contributed by atoms with Gasteiger partial charge in [-0.05, 0) is 43.2 Å². The van der Waals surface area contributed by atoms with Crippen molar-refractivity contribution in [3.8, 4) is 23.7 Å². The van der Waals surface area contributed by atoms with Crippen molar-refractivity contribution in [1.82, 2.24) is 14.9 Å². The lowest BCUT2D eigenvalue weighted by Gasteiger charge is -2.31. The minimum atomic E-state index is -0.722. The highest BCUT2D eigenvalue weighted by atomic mass is 16.3. The summed E-state index contributed by atoms with van der Waals surface area (Å²) >= 11 is 0. The number of nitrogens with two attached hydrogens (primary N) is 1. The van der Waals surface area contributed by atoms with Crippen molar-refractivity contribution in [2.24, 2.45) is 11.1 Å². The number of primary amides is 1. The molecule has 1 saturated heterocycles. The molecule has 1 atom stereocenters. The average molecular weight is 421 g/mol. The molecule has 1 aliphatic carbocycles. The normalized spacial score (nSPS) is 19.1. The van der Waals surface area contributed by atoms with Crippen LogP contribution in [0.1, 0.15) is 54.0 Å². The average Bonchev–Trinajstić information content (AvgIpc) is 3.03. The highest BCUT2D eigenvalue weighted by molar-refractivity contribution is 5.93. The molecule has 0 saturated carbocycles. The highest BCUT2D eigenvalue weighted by Crippen LogP contribution is 2.36. The molecule has 0 radical (unpaired) electrons. The van der Waals surface area contributed by atoms with Gasteiger partial charge < -0.3 is 15.7 Å². The van der Waals surface area contributed by atoms with Crippen molar-refractivity contribution in [3.63, 3.8) is 0 Å². The molecule has 2 heterocycles. The summed E-state index contributed by atoms with van der Waals surface area (Å²) in [6.45, 7) is 5.07. The van der Waals surface area contributed by atoms with Crippen LogP contribution in [0, 0.1) is 17.8 Å². The summed E-state index contributed by atoms with van der Waals surface area (Å²) in [5, 5.41) is 8.78. The Labute approximate surface area is 182 Å². The van der Waals surface area contributed by atoms with E-state index < -0.39 is 12.0 Å². The second kappa shape index (κ2) is 8.86. The predicted octanol–water partition coefficient (Wildman–Crippen LogP) is 1.95. The van der Waals surface area contributed by atoms with Gasteiger partial charge in [-0.1, -0.05) is 31.9 Å². The number of likely N-dealkylation sites (tertiary alicyclic amines) is 1. The van der Waals surface area contributed by atoms with Crippen LogP contribution in [0.5, 0.6) is 0 Å². The third-order valence-electron chi connectivity index (χ3n) is 5.71. The van der Waals surface area contributed by atoms with Crippen molar-refractivity contribution in [1.29, 1.82) is 0 Å². The van der Waals surface area contributed by atoms with Gasteiger partial charge in [0.2, 0.25) is 0 Å². The number of aliphatic hydroxyl groups excluding tert-OH is 1. The Morgan fingerprint density at radius 2 is 2.10 bits per heavy atom. The zero-order chi connectivity index (χ0) is 22.8. The van der Waals surface area contributed by atoms with Crippen LogP contribution < -0.4 is 5.73 Å². The van der Waals surface area contributed by atoms with Crippen LogP contribution in [-0.2, 0) is 17.6 Å². The van der Waals surface area contributed by atoms with Crippen LogP contribution >= 0.6 is 0 Å². The smallest absolute Gasteiger partial charge is 0.267 e. The molecule has 1 unspecified atom stereocenters. The number of rotatable bonds is 2. The quantitative estimate of drug-likeness (QED) is 0.722. The summed E-state index contributed by atoms with van der Waals surface area (Å²) < 4.78 is 0. The third-order valence-corrected chi connectivity index (χ3v) is 5.71. The highest BCUT2D eigenvalue weighted by Gasteiger charge is 2.30. The minimum absolute atomic E-state index is 0.130. The molecule has 7 nitrogen and oxygen atoms in total. The predicted molar refractivity (Wildman–Crippen MR) is 118 cm³/mol. The Hall–Kier alpha value is -3.24. The van der Waals surface area contributed by atoms with Gasteiger partial charge in [0, 0.05) is 36.0 Å². The molecule has 31 heavy (non-hydrogen) atoms. The number of nitrogens with zero attached hydrogens (tertiary/aromatic N) is 3. The number of carbonyl (C=O) groups is 2. The second-order valence-electron chi connectivity index (χ2n) is 8.82. The van der Waals surface area contributed by atoms with Crippen LogP contribution in [0.4, 0.5) is 0 Å². The van der Waals surface area contributed by atoms with E-state index in [2.05, 4.69) is 29.7 Å². The van der Waals surface area contributed by atoms with E-state index in [4.69, 9.17) is 17.3 Å². The molecular formula is C24H28N4O3. The van der Waals surface area contributed by atoms with Gasteiger partial charge in [-0.2, -0.15) is 0 Å². The summed E-state index contributed by atoms with van der Waals surface area (Å²) in [5.41, 5.74) is 9.41. The number of terminal acetylenes is 1. The molecule has 162 valence electrons. The number of fused-ring (bicyclic) bond motifs is 1. The van der Waals surface area contributed by atoms with E-state index in [0.29, 0.717) is 24.5 Å². The van der Waals surface area contributed by atoms with Gasteiger partial charge >= 0.3 is 0 Å². The molecule has 1 aromatic heterocycles. The minimum Gasteiger partial charge on any atom is -0.383 e. The number of aryl methyl sites for hydroxylation is 1. The van der Waals surface area contributed by atoms with E-state index in [9.17, 15) is 9.59 Å². The van der Waals surface area contributed by atoms with Gasteiger partial charge in [-0.15, -0.1) is 6.42 Å². The first-order valence-electron chi connectivity index (χ1n) is 10.3. The molecule has 2 aliphatic rings. The molecule has 1 fully saturated rings. The Bertz CT molecular complexity index is 1040. The Kier molecular flexibility index (Phi) is 6.42. The van der Waals surface area contributed by atoms with E-state index in [-0.39, 0.29) is 11.3 Å². The molecule has 7 heteroatoms. The monoisotopic (exact) mass is 420 g/mol. The second-order valence-corrected chi connectivity index (χ2v) is 8.82. The SMILES string of the molecule is C#Cc1cccc(-c2nc3c(c(C(N)=O)n2)CC(C)(C)CC3)c1.CN1CCC(O)C1=O. The fourth-order valence-electron chi connectivity index (χ4n) is 3.83. The molecule has 0 bridgehead atoms. The van der Waals surface area contributed by atoms with Gasteiger partial charge in [0.1, 0.15) is 11.8 Å². The largest absolute Gasteiger partial charge is 0.383 e. The molecule has 2 aromatic rings. The molecular weight excluding hydrogens is 392 g/mol. The number of hydrogen-bond donors (Lipinski definition) is 2. The van der Waals surface area contributed by atoms with E-state index in [1.807, 2.05) is 24.3 Å². The van der Waals surface area contributed by atoms with Gasteiger partial charge in [0.25, 0.3) is 11.8 Å². The first-order valence-corrected chi connectivity index (χ1v) is 10.3. The third kappa shape index (κ3) is 5.09. The number of benzene rings is 1. The number of carbonyl (C=O) groups excluding carboxylic acids is 2. The fourth-order valence-corrected chi connectivity index (χ4v) is 3.83. The maximum Gasteiger partial charge on any atom is 0.267 e. The van der Waals surface area contributed by atoms with Gasteiger partial charge in [0.05, 0.1) is 0 Å². The zero-order valence-corrected chi connectivity index (χ0v) is 18.2. The lowest BCUT2D eigenvalue weighted by molar-refractivity contribution is -0.133. The Balaban J connectivity index is 0.000000287. The summed E-state index contributed by atoms with van der Waals surface area (Å²) in [4.78, 5) is 33.1. The maximum atomic E-state index is 11.9. The van der Waals surface area contributed by atoms with E-state index in [1.165, 1.54) is 4.90 Å². The Morgan fingerprint density at radius 1 is 1.35 bits per heavy atom. The van der Waals surface area contributed by atoms with Crippen LogP contribution in [0.2, 0.25) is 0 Å². The van der Waals surface area contributed by atoms with Crippen molar-refractivity contribution >= 4 is 11.8 Å². The fraction of sp³-hybridized carbons (Fsp3) is 0.417. The lowest BCUT2D eigenvalue weighted by atomic mass is 9.75. The summed E-state index contributed by atoms with van der Waals surface area (Å²) in [6.07, 6.45) is 7.94. The molecule has 1 aliphatic heterocycles. The van der Waals surface area contributed by atoms with Crippen LogP contribution in [0.15, 0.2) is 24.3 Å². The first-order chi connectivity index (χ1) is 14.6. The standard InChI is InChI=1S/C19H19N3O.C5H9NO2/c1-4-12-6-5-7-13(10-12)18-21-15-8-9-19(2,3)11-14(15)16(22-18)17(20)23;1-6-3-2-4(7)5(6)8/h1,5-7,10H,8-9,11H2,2-3H3,(H2,20,23);4,7H,2-3H2,1H3. The van der Waals surface area contributed by atoms with Crippen molar-refractivity contribution in [2.75, 3.05) is 13.6 Å². The van der Waals surface area contributed by atoms with E-state index in [0.717, 1.165) is 41.6 Å². The molecule has 0 spiro atoms. The van der Waals surface area contributed by atoms with E-state index in [1.54, 1.807) is 7.05 Å². The van der Waals surface area contributed by atoms with Crippen molar-refractivity contribution in [2.45, 2.75) is 45.6 Å². The van der Waals surface area contributed by atoms with Crippen LogP contribution in [-0.4, -0.2) is 51.5 Å².